The van der Waals surface area contributed by atoms with E-state index in [4.69, 9.17) is 0 Å². The standard InChI is InChI=1S/C13H24N4O2S/c1-6-10-11(17(18)19)12(16(4)15-10)14-9-13(7-2,8-3)20-5/h14H,6-9H2,1-5H3. The van der Waals surface area contributed by atoms with E-state index in [2.05, 4.69) is 30.5 Å². The zero-order chi connectivity index (χ0) is 15.3. The lowest BCUT2D eigenvalue weighted by molar-refractivity contribution is -0.384. The molecule has 0 radical (unpaired) electrons. The summed E-state index contributed by atoms with van der Waals surface area (Å²) < 4.78 is 1.68. The Labute approximate surface area is 124 Å². The molecule has 1 heterocycles. The van der Waals surface area contributed by atoms with Gasteiger partial charge in [-0.25, -0.2) is 4.68 Å². The molecule has 0 unspecified atom stereocenters. The molecule has 20 heavy (non-hydrogen) atoms. The summed E-state index contributed by atoms with van der Waals surface area (Å²) in [7, 11) is 1.74. The molecule has 1 N–H and O–H groups in total. The minimum absolute atomic E-state index is 0.102. The van der Waals surface area contributed by atoms with E-state index in [9.17, 15) is 10.1 Å². The van der Waals surface area contributed by atoms with Gasteiger partial charge in [-0.05, 0) is 25.5 Å². The van der Waals surface area contributed by atoms with Crippen LogP contribution >= 0.6 is 11.8 Å². The Bertz CT molecular complexity index is 461. The van der Waals surface area contributed by atoms with Gasteiger partial charge in [-0.15, -0.1) is 0 Å². The summed E-state index contributed by atoms with van der Waals surface area (Å²) in [5.41, 5.74) is 0.639. The lowest BCUT2D eigenvalue weighted by Crippen LogP contribution is -2.32. The van der Waals surface area contributed by atoms with Gasteiger partial charge in [0.1, 0.15) is 5.69 Å². The van der Waals surface area contributed by atoms with Crippen molar-refractivity contribution in [3.05, 3.63) is 15.8 Å². The average Bonchev–Trinajstić information content (AvgIpc) is 2.77. The molecule has 0 saturated carbocycles. The molecular formula is C13H24N4O2S. The van der Waals surface area contributed by atoms with E-state index in [0.717, 1.165) is 12.8 Å². The van der Waals surface area contributed by atoms with Crippen LogP contribution in [0.2, 0.25) is 0 Å². The van der Waals surface area contributed by atoms with Gasteiger partial charge in [0.2, 0.25) is 5.82 Å². The van der Waals surface area contributed by atoms with Crippen LogP contribution in [0.5, 0.6) is 0 Å². The fourth-order valence-electron chi connectivity index (χ4n) is 2.30. The van der Waals surface area contributed by atoms with Crippen LogP contribution < -0.4 is 5.32 Å². The molecule has 7 heteroatoms. The smallest absolute Gasteiger partial charge is 0.333 e. The number of anilines is 1. The number of nitro groups is 1. The van der Waals surface area contributed by atoms with Crippen LogP contribution in [0.4, 0.5) is 11.5 Å². The van der Waals surface area contributed by atoms with E-state index in [1.165, 1.54) is 0 Å². The third-order valence-electron chi connectivity index (χ3n) is 3.91. The molecule has 0 spiro atoms. The van der Waals surface area contributed by atoms with Crippen molar-refractivity contribution in [3.63, 3.8) is 0 Å². The molecule has 0 aromatic carbocycles. The number of nitrogens with zero attached hydrogens (tertiary/aromatic N) is 3. The zero-order valence-corrected chi connectivity index (χ0v) is 13.7. The Kier molecular flexibility index (Phi) is 5.86. The van der Waals surface area contributed by atoms with Crippen LogP contribution in [0.1, 0.15) is 39.3 Å². The summed E-state index contributed by atoms with van der Waals surface area (Å²) in [6.45, 7) is 6.88. The first-order valence-corrected chi connectivity index (χ1v) is 8.16. The Balaban J connectivity index is 3.03. The average molecular weight is 300 g/mol. The van der Waals surface area contributed by atoms with E-state index in [0.29, 0.717) is 24.5 Å². The number of rotatable bonds is 8. The highest BCUT2D eigenvalue weighted by Gasteiger charge is 2.29. The number of hydrogen-bond donors (Lipinski definition) is 1. The second-order valence-electron chi connectivity index (χ2n) is 4.83. The molecule has 114 valence electrons. The van der Waals surface area contributed by atoms with Gasteiger partial charge in [0.05, 0.1) is 4.92 Å². The van der Waals surface area contributed by atoms with Crippen molar-refractivity contribution in [2.24, 2.45) is 7.05 Å². The maximum Gasteiger partial charge on any atom is 0.333 e. The highest BCUT2D eigenvalue weighted by molar-refractivity contribution is 8.00. The predicted molar refractivity (Wildman–Crippen MR) is 84.6 cm³/mol. The minimum Gasteiger partial charge on any atom is -0.363 e. The summed E-state index contributed by atoms with van der Waals surface area (Å²) in [6.07, 6.45) is 4.68. The number of nitrogens with one attached hydrogen (secondary N) is 1. The largest absolute Gasteiger partial charge is 0.363 e. The quantitative estimate of drug-likeness (QED) is 0.589. The van der Waals surface area contributed by atoms with Crippen LogP contribution in [0.15, 0.2) is 0 Å². The number of aromatic nitrogens is 2. The molecule has 6 nitrogen and oxygen atoms in total. The van der Waals surface area contributed by atoms with Crippen molar-refractivity contribution in [3.8, 4) is 0 Å². The van der Waals surface area contributed by atoms with Crippen molar-refractivity contribution >= 4 is 23.3 Å². The minimum atomic E-state index is -0.340. The fraction of sp³-hybridized carbons (Fsp3) is 0.769. The third-order valence-corrected chi connectivity index (χ3v) is 5.50. The molecule has 0 saturated heterocycles. The monoisotopic (exact) mass is 300 g/mol. The summed E-state index contributed by atoms with van der Waals surface area (Å²) in [5.74, 6) is 0.507. The summed E-state index contributed by atoms with van der Waals surface area (Å²) in [5, 5.41) is 18.7. The Morgan fingerprint density at radius 2 is 2.00 bits per heavy atom. The molecular weight excluding hydrogens is 276 g/mol. The second kappa shape index (κ2) is 6.97. The lowest BCUT2D eigenvalue weighted by Gasteiger charge is -2.30. The molecule has 0 fully saturated rings. The molecule has 0 bridgehead atoms. The van der Waals surface area contributed by atoms with Gasteiger partial charge in [0, 0.05) is 18.3 Å². The summed E-state index contributed by atoms with van der Waals surface area (Å²) in [6, 6.07) is 0. The normalized spacial score (nSPS) is 11.7. The molecule has 0 aliphatic rings. The highest BCUT2D eigenvalue weighted by Crippen LogP contribution is 2.33. The fourth-order valence-corrected chi connectivity index (χ4v) is 3.10. The van der Waals surface area contributed by atoms with Gasteiger partial charge < -0.3 is 5.32 Å². The Morgan fingerprint density at radius 3 is 2.40 bits per heavy atom. The number of hydrogen-bond acceptors (Lipinski definition) is 5. The first kappa shape index (κ1) is 16.8. The van der Waals surface area contributed by atoms with E-state index in [1.807, 2.05) is 18.7 Å². The van der Waals surface area contributed by atoms with Crippen LogP contribution in [-0.4, -0.2) is 32.3 Å². The van der Waals surface area contributed by atoms with Crippen molar-refractivity contribution in [2.45, 2.75) is 44.8 Å². The summed E-state index contributed by atoms with van der Waals surface area (Å²) in [4.78, 5) is 10.9. The van der Waals surface area contributed by atoms with E-state index in [1.54, 1.807) is 11.7 Å². The van der Waals surface area contributed by atoms with Gasteiger partial charge in [0.15, 0.2) is 0 Å². The van der Waals surface area contributed by atoms with Crippen molar-refractivity contribution in [1.29, 1.82) is 0 Å². The lowest BCUT2D eigenvalue weighted by atomic mass is 10.0. The Hall–Kier alpha value is -1.24. The van der Waals surface area contributed by atoms with Gasteiger partial charge >= 0.3 is 5.69 Å². The van der Waals surface area contributed by atoms with Crippen molar-refractivity contribution in [2.75, 3.05) is 18.1 Å². The van der Waals surface area contributed by atoms with Gasteiger partial charge in [-0.2, -0.15) is 16.9 Å². The molecule has 0 aliphatic carbocycles. The highest BCUT2D eigenvalue weighted by atomic mass is 32.2. The van der Waals surface area contributed by atoms with Crippen molar-refractivity contribution < 1.29 is 4.92 Å². The second-order valence-corrected chi connectivity index (χ2v) is 6.10. The molecule has 0 atom stereocenters. The zero-order valence-electron chi connectivity index (χ0n) is 12.9. The van der Waals surface area contributed by atoms with Gasteiger partial charge in [-0.1, -0.05) is 20.8 Å². The molecule has 1 aromatic rings. The first-order valence-electron chi connectivity index (χ1n) is 6.93. The van der Waals surface area contributed by atoms with E-state index < -0.39 is 0 Å². The molecule has 1 aromatic heterocycles. The van der Waals surface area contributed by atoms with Crippen LogP contribution in [0.25, 0.3) is 0 Å². The number of aryl methyl sites for hydroxylation is 2. The SMILES string of the molecule is CCc1nn(C)c(NCC(CC)(CC)SC)c1[N+](=O)[O-]. The molecule has 0 aliphatic heterocycles. The predicted octanol–water partition coefficient (Wildman–Crippen LogP) is 3.22. The van der Waals surface area contributed by atoms with E-state index >= 15 is 0 Å². The van der Waals surface area contributed by atoms with Crippen LogP contribution in [-0.2, 0) is 13.5 Å². The van der Waals surface area contributed by atoms with E-state index in [-0.39, 0.29) is 15.4 Å². The third kappa shape index (κ3) is 3.26. The maximum absolute atomic E-state index is 11.3. The Morgan fingerprint density at radius 1 is 1.40 bits per heavy atom. The number of thioether (sulfide) groups is 1. The maximum atomic E-state index is 11.3. The van der Waals surface area contributed by atoms with Gasteiger partial charge in [-0.3, -0.25) is 10.1 Å². The van der Waals surface area contributed by atoms with Crippen LogP contribution in [0.3, 0.4) is 0 Å². The first-order chi connectivity index (χ1) is 9.44. The van der Waals surface area contributed by atoms with Gasteiger partial charge in [0.25, 0.3) is 0 Å². The van der Waals surface area contributed by atoms with Crippen LogP contribution in [0, 0.1) is 10.1 Å². The molecule has 0 amide bonds. The topological polar surface area (TPSA) is 73.0 Å². The van der Waals surface area contributed by atoms with Crippen molar-refractivity contribution in [1.82, 2.24) is 9.78 Å². The molecule has 1 rings (SSSR count). The summed E-state index contributed by atoms with van der Waals surface area (Å²) >= 11 is 1.81.